The van der Waals surface area contributed by atoms with Crippen LogP contribution in [0.5, 0.6) is 0 Å². The molecule has 2 nitrogen and oxygen atoms in total. The molecule has 2 heteroatoms. The molecule has 0 radical (unpaired) electrons. The fourth-order valence-corrected chi connectivity index (χ4v) is 1.70. The highest BCUT2D eigenvalue weighted by molar-refractivity contribution is 5.80. The average molecular weight is 204 g/mol. The molecular weight excluding hydrogens is 188 g/mol. The van der Waals surface area contributed by atoms with Crippen LogP contribution in [0.25, 0.3) is 11.0 Å². The van der Waals surface area contributed by atoms with Crippen LogP contribution in [0.4, 0.5) is 0 Å². The summed E-state index contributed by atoms with van der Waals surface area (Å²) in [4.78, 5) is 0. The van der Waals surface area contributed by atoms with Gasteiger partial charge in [-0.15, -0.1) is 0 Å². The van der Waals surface area contributed by atoms with Gasteiger partial charge in [0, 0.05) is 5.39 Å². The lowest BCUT2D eigenvalue weighted by Gasteiger charge is -2.10. The molecule has 1 N–H and O–H groups in total. The predicted octanol–water partition coefficient (Wildman–Crippen LogP) is 3.43. The number of benzene rings is 1. The number of aryl methyl sites for hydroxylation is 1. The van der Waals surface area contributed by atoms with Crippen molar-refractivity contribution in [2.75, 3.05) is 0 Å². The first kappa shape index (κ1) is 10.2. The van der Waals surface area contributed by atoms with Gasteiger partial charge in [-0.2, -0.15) is 0 Å². The van der Waals surface area contributed by atoms with Crippen LogP contribution >= 0.6 is 0 Å². The second-order valence-electron chi connectivity index (χ2n) is 4.33. The summed E-state index contributed by atoms with van der Waals surface area (Å²) in [7, 11) is 0. The van der Waals surface area contributed by atoms with Gasteiger partial charge in [0.15, 0.2) is 0 Å². The van der Waals surface area contributed by atoms with Crippen LogP contribution in [-0.4, -0.2) is 5.11 Å². The van der Waals surface area contributed by atoms with Gasteiger partial charge in [-0.1, -0.05) is 32.0 Å². The first-order valence-corrected chi connectivity index (χ1v) is 5.26. The van der Waals surface area contributed by atoms with E-state index in [-0.39, 0.29) is 5.92 Å². The van der Waals surface area contributed by atoms with Crippen molar-refractivity contribution in [2.24, 2.45) is 5.92 Å². The van der Waals surface area contributed by atoms with E-state index in [4.69, 9.17) is 4.42 Å². The van der Waals surface area contributed by atoms with Crippen LogP contribution in [0.3, 0.4) is 0 Å². The highest BCUT2D eigenvalue weighted by Gasteiger charge is 2.17. The van der Waals surface area contributed by atoms with Crippen LogP contribution in [0.2, 0.25) is 0 Å². The second-order valence-corrected chi connectivity index (χ2v) is 4.33. The Morgan fingerprint density at radius 1 is 1.27 bits per heavy atom. The Morgan fingerprint density at radius 3 is 2.60 bits per heavy atom. The quantitative estimate of drug-likeness (QED) is 0.813. The normalized spacial score (nSPS) is 13.7. The molecule has 0 fully saturated rings. The van der Waals surface area contributed by atoms with Crippen molar-refractivity contribution < 1.29 is 9.52 Å². The Bertz CT molecular complexity index is 468. The van der Waals surface area contributed by atoms with Crippen LogP contribution < -0.4 is 0 Å². The second kappa shape index (κ2) is 3.70. The first-order valence-electron chi connectivity index (χ1n) is 5.26. The van der Waals surface area contributed by atoms with Gasteiger partial charge in [-0.3, -0.25) is 0 Å². The molecule has 15 heavy (non-hydrogen) atoms. The summed E-state index contributed by atoms with van der Waals surface area (Å²) in [6.07, 6.45) is -0.517. The Balaban J connectivity index is 2.52. The lowest BCUT2D eigenvalue weighted by molar-refractivity contribution is 0.104. The van der Waals surface area contributed by atoms with Gasteiger partial charge in [0.25, 0.3) is 0 Å². The van der Waals surface area contributed by atoms with E-state index < -0.39 is 6.10 Å². The Hall–Kier alpha value is -1.28. The standard InChI is InChI=1S/C13H16O2/c1-8(2)12(14)11-7-10-6-4-5-9(3)13(10)15-11/h4-8,12,14H,1-3H3. The van der Waals surface area contributed by atoms with Gasteiger partial charge >= 0.3 is 0 Å². The lowest BCUT2D eigenvalue weighted by atomic mass is 10.1. The van der Waals surface area contributed by atoms with Crippen LogP contribution in [-0.2, 0) is 0 Å². The maximum atomic E-state index is 9.90. The van der Waals surface area contributed by atoms with Crippen LogP contribution in [0.1, 0.15) is 31.3 Å². The highest BCUT2D eigenvalue weighted by Crippen LogP contribution is 2.29. The van der Waals surface area contributed by atoms with E-state index in [2.05, 4.69) is 0 Å². The molecule has 1 aromatic carbocycles. The smallest absolute Gasteiger partial charge is 0.137 e. The fourth-order valence-electron chi connectivity index (χ4n) is 1.70. The Labute approximate surface area is 89.5 Å². The van der Waals surface area contributed by atoms with E-state index >= 15 is 0 Å². The van der Waals surface area contributed by atoms with Crippen molar-refractivity contribution in [3.63, 3.8) is 0 Å². The zero-order valence-electron chi connectivity index (χ0n) is 9.32. The molecule has 1 heterocycles. The lowest BCUT2D eigenvalue weighted by Crippen LogP contribution is -2.03. The van der Waals surface area contributed by atoms with Gasteiger partial charge in [-0.05, 0) is 24.5 Å². The molecule has 0 amide bonds. The molecule has 0 saturated carbocycles. The van der Waals surface area contributed by atoms with Gasteiger partial charge in [-0.25, -0.2) is 0 Å². The molecule has 0 bridgehead atoms. The van der Waals surface area contributed by atoms with Crippen LogP contribution in [0, 0.1) is 12.8 Å². The number of furan rings is 1. The number of para-hydroxylation sites is 1. The van der Waals surface area contributed by atoms with Gasteiger partial charge in [0.2, 0.25) is 0 Å². The molecule has 1 aromatic heterocycles. The summed E-state index contributed by atoms with van der Waals surface area (Å²) in [5, 5.41) is 11.0. The minimum Gasteiger partial charge on any atom is -0.458 e. The third kappa shape index (κ3) is 1.77. The molecule has 0 spiro atoms. The highest BCUT2D eigenvalue weighted by atomic mass is 16.4. The van der Waals surface area contributed by atoms with Crippen LogP contribution in [0.15, 0.2) is 28.7 Å². The number of hydrogen-bond acceptors (Lipinski definition) is 2. The molecule has 0 aliphatic carbocycles. The molecule has 1 unspecified atom stereocenters. The average Bonchev–Trinajstić information content (AvgIpc) is 2.61. The Morgan fingerprint density at radius 2 is 2.00 bits per heavy atom. The van der Waals surface area contributed by atoms with Crippen molar-refractivity contribution in [2.45, 2.75) is 26.9 Å². The van der Waals surface area contributed by atoms with E-state index in [0.717, 1.165) is 16.5 Å². The first-order chi connectivity index (χ1) is 7.09. The summed E-state index contributed by atoms with van der Waals surface area (Å²) < 4.78 is 5.67. The minimum atomic E-state index is -0.517. The monoisotopic (exact) mass is 204 g/mol. The van der Waals surface area contributed by atoms with Crippen molar-refractivity contribution in [3.8, 4) is 0 Å². The minimum absolute atomic E-state index is 0.172. The molecule has 0 aliphatic rings. The number of fused-ring (bicyclic) bond motifs is 1. The molecule has 2 rings (SSSR count). The topological polar surface area (TPSA) is 33.4 Å². The van der Waals surface area contributed by atoms with Gasteiger partial charge in [0.1, 0.15) is 17.4 Å². The zero-order valence-corrected chi connectivity index (χ0v) is 9.32. The van der Waals surface area contributed by atoms with Crippen molar-refractivity contribution >= 4 is 11.0 Å². The summed E-state index contributed by atoms with van der Waals surface area (Å²) in [5.74, 6) is 0.833. The number of aliphatic hydroxyl groups excluding tert-OH is 1. The largest absolute Gasteiger partial charge is 0.458 e. The fraction of sp³-hybridized carbons (Fsp3) is 0.385. The summed E-state index contributed by atoms with van der Waals surface area (Å²) in [6.45, 7) is 5.97. The zero-order chi connectivity index (χ0) is 11.0. The van der Waals surface area contributed by atoms with E-state index in [1.807, 2.05) is 45.0 Å². The SMILES string of the molecule is Cc1cccc2cc(C(O)C(C)C)oc12. The molecule has 80 valence electrons. The third-order valence-electron chi connectivity index (χ3n) is 2.68. The number of hydrogen-bond donors (Lipinski definition) is 1. The maximum absolute atomic E-state index is 9.90. The van der Waals surface area contributed by atoms with E-state index in [0.29, 0.717) is 5.76 Å². The Kier molecular flexibility index (Phi) is 2.53. The van der Waals surface area contributed by atoms with Crippen molar-refractivity contribution in [1.29, 1.82) is 0 Å². The number of aliphatic hydroxyl groups is 1. The molecule has 2 aromatic rings. The van der Waals surface area contributed by atoms with Crippen molar-refractivity contribution in [1.82, 2.24) is 0 Å². The van der Waals surface area contributed by atoms with E-state index in [1.165, 1.54) is 0 Å². The van der Waals surface area contributed by atoms with Crippen molar-refractivity contribution in [3.05, 3.63) is 35.6 Å². The van der Waals surface area contributed by atoms with Gasteiger partial charge in [0.05, 0.1) is 0 Å². The van der Waals surface area contributed by atoms with E-state index in [9.17, 15) is 5.11 Å². The molecule has 0 aliphatic heterocycles. The molecular formula is C13H16O2. The molecule has 1 atom stereocenters. The molecule has 0 saturated heterocycles. The van der Waals surface area contributed by atoms with Gasteiger partial charge < -0.3 is 9.52 Å². The maximum Gasteiger partial charge on any atom is 0.137 e. The summed E-state index contributed by atoms with van der Waals surface area (Å²) >= 11 is 0. The number of rotatable bonds is 2. The predicted molar refractivity (Wildman–Crippen MR) is 60.7 cm³/mol. The van der Waals surface area contributed by atoms with E-state index in [1.54, 1.807) is 0 Å². The third-order valence-corrected chi connectivity index (χ3v) is 2.68. The summed E-state index contributed by atoms with van der Waals surface area (Å²) in [5.41, 5.74) is 1.99. The summed E-state index contributed by atoms with van der Waals surface area (Å²) in [6, 6.07) is 7.94.